The summed E-state index contributed by atoms with van der Waals surface area (Å²) in [6.07, 6.45) is -1.07. The van der Waals surface area contributed by atoms with Crippen LogP contribution in [0.5, 0.6) is 0 Å². The molecule has 1 heterocycles. The number of benzene rings is 1. The highest BCUT2D eigenvalue weighted by Crippen LogP contribution is 2.14. The van der Waals surface area contributed by atoms with Crippen LogP contribution in [0.2, 0.25) is 0 Å². The molecular weight excluding hydrogens is 306 g/mol. The summed E-state index contributed by atoms with van der Waals surface area (Å²) in [4.78, 5) is 33.7. The summed E-state index contributed by atoms with van der Waals surface area (Å²) in [6.45, 7) is 3.06. The lowest BCUT2D eigenvalue weighted by molar-refractivity contribution is -0.384. The van der Waals surface area contributed by atoms with Crippen LogP contribution < -0.4 is 5.32 Å². The highest BCUT2D eigenvalue weighted by molar-refractivity contribution is 5.96. The lowest BCUT2D eigenvalue weighted by Gasteiger charge is -2.12. The second kappa shape index (κ2) is 6.69. The van der Waals surface area contributed by atoms with Crippen molar-refractivity contribution in [3.05, 3.63) is 51.8 Å². The number of nitrogens with one attached hydrogen (secondary N) is 1. The van der Waals surface area contributed by atoms with E-state index < -0.39 is 22.9 Å². The molecule has 0 unspecified atom stereocenters. The van der Waals surface area contributed by atoms with Gasteiger partial charge in [0.1, 0.15) is 5.76 Å². The van der Waals surface area contributed by atoms with Crippen LogP contribution in [0.4, 0.5) is 11.5 Å². The molecule has 9 heteroatoms. The highest BCUT2D eigenvalue weighted by atomic mass is 16.6. The molecule has 0 aliphatic heterocycles. The first-order valence-corrected chi connectivity index (χ1v) is 6.56. The third-order valence-electron chi connectivity index (χ3n) is 2.85. The van der Waals surface area contributed by atoms with Crippen LogP contribution >= 0.6 is 0 Å². The van der Waals surface area contributed by atoms with Crippen molar-refractivity contribution in [2.75, 3.05) is 5.32 Å². The number of nitrogens with zero attached hydrogens (tertiary/aromatic N) is 2. The van der Waals surface area contributed by atoms with Crippen molar-refractivity contribution < 1.29 is 23.8 Å². The number of hydrogen-bond acceptors (Lipinski definition) is 7. The summed E-state index contributed by atoms with van der Waals surface area (Å²) < 4.78 is 9.80. The molecule has 0 fully saturated rings. The molecule has 1 aromatic heterocycles. The summed E-state index contributed by atoms with van der Waals surface area (Å²) in [5.74, 6) is -0.603. The van der Waals surface area contributed by atoms with Gasteiger partial charge in [-0.1, -0.05) is 5.16 Å². The Labute approximate surface area is 130 Å². The van der Waals surface area contributed by atoms with Gasteiger partial charge in [-0.3, -0.25) is 14.9 Å². The maximum Gasteiger partial charge on any atom is 0.338 e. The Morgan fingerprint density at radius 1 is 1.35 bits per heavy atom. The molecule has 1 N–H and O–H groups in total. The summed E-state index contributed by atoms with van der Waals surface area (Å²) in [5.41, 5.74) is -0.0405. The Balaban J connectivity index is 1.95. The van der Waals surface area contributed by atoms with Crippen LogP contribution in [0.3, 0.4) is 0 Å². The molecule has 2 rings (SSSR count). The van der Waals surface area contributed by atoms with Crippen molar-refractivity contribution in [3.63, 3.8) is 0 Å². The van der Waals surface area contributed by atoms with Gasteiger partial charge in [0.05, 0.1) is 10.5 Å². The van der Waals surface area contributed by atoms with E-state index in [4.69, 9.17) is 9.26 Å². The fraction of sp³-hybridized carbons (Fsp3) is 0.214. The van der Waals surface area contributed by atoms with E-state index in [9.17, 15) is 19.7 Å². The highest BCUT2D eigenvalue weighted by Gasteiger charge is 2.20. The number of carbonyl (C=O) groups excluding carboxylic acids is 2. The van der Waals surface area contributed by atoms with E-state index in [0.717, 1.165) is 0 Å². The predicted octanol–water partition coefficient (Wildman–Crippen LogP) is 2.08. The molecule has 0 bridgehead atoms. The number of carbonyl (C=O) groups is 2. The van der Waals surface area contributed by atoms with E-state index in [1.807, 2.05) is 0 Å². The van der Waals surface area contributed by atoms with Crippen LogP contribution in [0.25, 0.3) is 0 Å². The van der Waals surface area contributed by atoms with Gasteiger partial charge in [-0.15, -0.1) is 0 Å². The maximum absolute atomic E-state index is 11.9. The quantitative estimate of drug-likeness (QED) is 0.508. The molecule has 0 spiro atoms. The van der Waals surface area contributed by atoms with Gasteiger partial charge in [-0.25, -0.2) is 4.79 Å². The minimum Gasteiger partial charge on any atom is -0.449 e. The molecule has 0 saturated carbocycles. The Morgan fingerprint density at radius 2 is 2.00 bits per heavy atom. The first-order valence-electron chi connectivity index (χ1n) is 6.56. The minimum atomic E-state index is -1.07. The Bertz CT molecular complexity index is 737. The summed E-state index contributed by atoms with van der Waals surface area (Å²) in [7, 11) is 0. The van der Waals surface area contributed by atoms with Crippen LogP contribution in [0, 0.1) is 17.0 Å². The molecule has 120 valence electrons. The molecule has 1 aromatic carbocycles. The van der Waals surface area contributed by atoms with Crippen molar-refractivity contribution in [1.29, 1.82) is 0 Å². The van der Waals surface area contributed by atoms with Crippen LogP contribution in [0.1, 0.15) is 23.0 Å². The third-order valence-corrected chi connectivity index (χ3v) is 2.85. The second-order valence-corrected chi connectivity index (χ2v) is 4.66. The number of nitro groups is 1. The van der Waals surface area contributed by atoms with E-state index in [1.54, 1.807) is 6.92 Å². The average molecular weight is 319 g/mol. The standard InChI is InChI=1S/C14H13N3O6/c1-8-7-12(16-23-8)15-13(18)9(2)22-14(19)10-3-5-11(6-4-10)17(20)21/h3-7,9H,1-2H3,(H,15,16,18)/t9-/m0/s1. The van der Waals surface area contributed by atoms with Crippen LogP contribution in [-0.2, 0) is 9.53 Å². The van der Waals surface area contributed by atoms with Crippen LogP contribution in [-0.4, -0.2) is 28.1 Å². The average Bonchev–Trinajstić information content (AvgIpc) is 2.92. The van der Waals surface area contributed by atoms with E-state index in [1.165, 1.54) is 37.3 Å². The predicted molar refractivity (Wildman–Crippen MR) is 77.8 cm³/mol. The van der Waals surface area contributed by atoms with Gasteiger partial charge in [0.25, 0.3) is 11.6 Å². The topological polar surface area (TPSA) is 125 Å². The molecule has 2 aromatic rings. The number of amides is 1. The van der Waals surface area contributed by atoms with Crippen LogP contribution in [0.15, 0.2) is 34.9 Å². The van der Waals surface area contributed by atoms with Crippen molar-refractivity contribution in [2.45, 2.75) is 20.0 Å². The summed E-state index contributed by atoms with van der Waals surface area (Å²) >= 11 is 0. The lowest BCUT2D eigenvalue weighted by Crippen LogP contribution is -2.30. The molecule has 0 radical (unpaired) electrons. The van der Waals surface area contributed by atoms with E-state index in [0.29, 0.717) is 5.76 Å². The fourth-order valence-corrected chi connectivity index (χ4v) is 1.65. The zero-order valence-corrected chi connectivity index (χ0v) is 12.3. The zero-order chi connectivity index (χ0) is 17.0. The first-order chi connectivity index (χ1) is 10.9. The Hall–Kier alpha value is -3.23. The summed E-state index contributed by atoms with van der Waals surface area (Å²) in [5, 5.41) is 16.6. The molecule has 0 aliphatic carbocycles. The number of rotatable bonds is 5. The van der Waals surface area contributed by atoms with Crippen molar-refractivity contribution in [1.82, 2.24) is 5.16 Å². The number of ether oxygens (including phenoxy) is 1. The van der Waals surface area contributed by atoms with E-state index >= 15 is 0 Å². The number of aromatic nitrogens is 1. The van der Waals surface area contributed by atoms with Gasteiger partial charge in [0, 0.05) is 18.2 Å². The normalized spacial score (nSPS) is 11.6. The van der Waals surface area contributed by atoms with Gasteiger partial charge in [0.2, 0.25) is 0 Å². The number of non-ortho nitro benzene ring substituents is 1. The Kier molecular flexibility index (Phi) is 4.69. The van der Waals surface area contributed by atoms with Crippen molar-refractivity contribution in [3.8, 4) is 0 Å². The van der Waals surface area contributed by atoms with Gasteiger partial charge < -0.3 is 14.6 Å². The SMILES string of the molecule is Cc1cc(NC(=O)[C@H](C)OC(=O)c2ccc([N+](=O)[O-])cc2)no1. The second-order valence-electron chi connectivity index (χ2n) is 4.66. The van der Waals surface area contributed by atoms with Gasteiger partial charge in [-0.05, 0) is 26.0 Å². The van der Waals surface area contributed by atoms with E-state index in [-0.39, 0.29) is 17.1 Å². The van der Waals surface area contributed by atoms with Gasteiger partial charge in [-0.2, -0.15) is 0 Å². The molecule has 1 amide bonds. The number of nitro benzene ring substituents is 1. The lowest BCUT2D eigenvalue weighted by atomic mass is 10.2. The smallest absolute Gasteiger partial charge is 0.338 e. The summed E-state index contributed by atoms with van der Waals surface area (Å²) in [6, 6.07) is 6.39. The molecule has 1 atom stereocenters. The first kappa shape index (κ1) is 16.1. The number of hydrogen-bond donors (Lipinski definition) is 1. The minimum absolute atomic E-state index is 0.104. The van der Waals surface area contributed by atoms with Gasteiger partial charge in [0.15, 0.2) is 11.9 Å². The number of aryl methyl sites for hydroxylation is 1. The van der Waals surface area contributed by atoms with Crippen molar-refractivity contribution in [2.24, 2.45) is 0 Å². The maximum atomic E-state index is 11.9. The molecule has 0 aliphatic rings. The Morgan fingerprint density at radius 3 is 2.52 bits per heavy atom. The largest absolute Gasteiger partial charge is 0.449 e. The monoisotopic (exact) mass is 319 g/mol. The zero-order valence-electron chi connectivity index (χ0n) is 12.3. The van der Waals surface area contributed by atoms with E-state index in [2.05, 4.69) is 10.5 Å². The molecule has 0 saturated heterocycles. The molecule has 9 nitrogen and oxygen atoms in total. The molecule has 23 heavy (non-hydrogen) atoms. The number of anilines is 1. The van der Waals surface area contributed by atoms with Crippen molar-refractivity contribution >= 4 is 23.4 Å². The molecular formula is C14H13N3O6. The van der Waals surface area contributed by atoms with Gasteiger partial charge >= 0.3 is 5.97 Å². The third kappa shape index (κ3) is 4.13. The number of esters is 1. The fourth-order valence-electron chi connectivity index (χ4n) is 1.65.